The molecule has 1 amide bonds. The Balaban J connectivity index is 1.69. The lowest BCUT2D eigenvalue weighted by atomic mass is 9.98. The number of esters is 1. The first kappa shape index (κ1) is 24.6. The number of ether oxygens (including phenoxy) is 1. The van der Waals surface area contributed by atoms with Crippen molar-refractivity contribution in [2.24, 2.45) is 0 Å². The lowest BCUT2D eigenvalue weighted by Crippen LogP contribution is -2.49. The summed E-state index contributed by atoms with van der Waals surface area (Å²) in [5.74, 6) is -1.19. The fourth-order valence-corrected chi connectivity index (χ4v) is 5.20. The van der Waals surface area contributed by atoms with Crippen LogP contribution in [-0.2, 0) is 19.6 Å². The van der Waals surface area contributed by atoms with E-state index in [-0.39, 0.29) is 35.2 Å². The molecule has 0 aromatic heterocycles. The van der Waals surface area contributed by atoms with Crippen molar-refractivity contribution in [1.29, 1.82) is 0 Å². The normalized spacial score (nSPS) is 14.7. The third-order valence-electron chi connectivity index (χ3n) is 5.87. The molecule has 1 heterocycles. The Hall–Kier alpha value is -3.04. The largest absolute Gasteiger partial charge is 0.454 e. The van der Waals surface area contributed by atoms with E-state index in [9.17, 15) is 22.8 Å². The van der Waals surface area contributed by atoms with Crippen LogP contribution in [0.25, 0.3) is 0 Å². The van der Waals surface area contributed by atoms with E-state index in [1.165, 1.54) is 35.5 Å². The van der Waals surface area contributed by atoms with Crippen molar-refractivity contribution in [2.45, 2.75) is 32.6 Å². The second-order valence-corrected chi connectivity index (χ2v) is 10.1. The number of piperazine rings is 1. The number of aryl methyl sites for hydroxylation is 3. The Morgan fingerprint density at radius 1 is 0.909 bits per heavy atom. The fraction of sp³-hybridized carbons (Fsp3) is 0.375. The second kappa shape index (κ2) is 9.84. The van der Waals surface area contributed by atoms with Gasteiger partial charge in [-0.15, -0.1) is 0 Å². The fourth-order valence-electron chi connectivity index (χ4n) is 3.73. The summed E-state index contributed by atoms with van der Waals surface area (Å²) in [7, 11) is -3.84. The molecule has 1 fully saturated rings. The van der Waals surface area contributed by atoms with Crippen LogP contribution >= 0.6 is 0 Å². The highest BCUT2D eigenvalue weighted by molar-refractivity contribution is 7.89. The molecule has 1 aliphatic heterocycles. The van der Waals surface area contributed by atoms with E-state index in [1.54, 1.807) is 11.0 Å². The lowest BCUT2D eigenvalue weighted by Gasteiger charge is -2.33. The van der Waals surface area contributed by atoms with E-state index in [4.69, 9.17) is 4.74 Å². The van der Waals surface area contributed by atoms with Gasteiger partial charge in [-0.25, -0.2) is 13.2 Å². The maximum atomic E-state index is 13.0. The molecule has 1 aliphatic rings. The molecule has 176 valence electrons. The summed E-state index contributed by atoms with van der Waals surface area (Å²) in [6.45, 7) is 7.70. The summed E-state index contributed by atoms with van der Waals surface area (Å²) >= 11 is 0. The zero-order valence-electron chi connectivity index (χ0n) is 19.3. The van der Waals surface area contributed by atoms with Gasteiger partial charge in [0.2, 0.25) is 21.7 Å². The van der Waals surface area contributed by atoms with Crippen molar-refractivity contribution in [1.82, 2.24) is 9.21 Å². The van der Waals surface area contributed by atoms with Crippen LogP contribution in [0.15, 0.2) is 41.3 Å². The summed E-state index contributed by atoms with van der Waals surface area (Å²) in [5.41, 5.74) is 3.38. The van der Waals surface area contributed by atoms with E-state index < -0.39 is 22.6 Å². The zero-order chi connectivity index (χ0) is 24.3. The van der Waals surface area contributed by atoms with Crippen LogP contribution in [0, 0.1) is 20.8 Å². The molecule has 0 saturated carbocycles. The lowest BCUT2D eigenvalue weighted by molar-refractivity contribution is -0.129. The Labute approximate surface area is 194 Å². The van der Waals surface area contributed by atoms with Crippen LogP contribution in [-0.4, -0.2) is 68.1 Å². The van der Waals surface area contributed by atoms with Crippen LogP contribution in [0.1, 0.15) is 44.3 Å². The SMILES string of the molecule is CC(=O)N1CCN(S(=O)(=O)c2cccc(C(=O)OCC(=O)c3cc(C)c(C)cc3C)c2)CC1. The number of ketones is 1. The van der Waals surface area contributed by atoms with Gasteiger partial charge in [0.05, 0.1) is 10.5 Å². The highest BCUT2D eigenvalue weighted by Crippen LogP contribution is 2.20. The Morgan fingerprint density at radius 2 is 1.55 bits per heavy atom. The number of nitrogens with zero attached hydrogens (tertiary/aromatic N) is 2. The topological polar surface area (TPSA) is 101 Å². The first-order valence-electron chi connectivity index (χ1n) is 10.6. The molecule has 0 radical (unpaired) electrons. The quantitative estimate of drug-likeness (QED) is 0.473. The first-order valence-corrected chi connectivity index (χ1v) is 12.1. The summed E-state index contributed by atoms with van der Waals surface area (Å²) in [6.07, 6.45) is 0. The minimum Gasteiger partial charge on any atom is -0.454 e. The van der Waals surface area contributed by atoms with Gasteiger partial charge in [-0.3, -0.25) is 9.59 Å². The summed E-state index contributed by atoms with van der Waals surface area (Å²) < 4.78 is 32.5. The number of rotatable bonds is 6. The highest BCUT2D eigenvalue weighted by Gasteiger charge is 2.29. The molecule has 0 aliphatic carbocycles. The van der Waals surface area contributed by atoms with Crippen LogP contribution in [0.2, 0.25) is 0 Å². The number of Topliss-reactive ketones (excluding diaryl/α,β-unsaturated/α-hetero) is 1. The van der Waals surface area contributed by atoms with Gasteiger partial charge in [0.15, 0.2) is 6.61 Å². The molecule has 8 nitrogen and oxygen atoms in total. The molecule has 2 aromatic rings. The molecule has 0 atom stereocenters. The van der Waals surface area contributed by atoms with Gasteiger partial charge in [0, 0.05) is 38.7 Å². The smallest absolute Gasteiger partial charge is 0.338 e. The predicted octanol–water partition coefficient (Wildman–Crippen LogP) is 2.50. The Morgan fingerprint density at radius 3 is 2.18 bits per heavy atom. The van der Waals surface area contributed by atoms with Gasteiger partial charge in [-0.05, 0) is 61.7 Å². The molecule has 0 bridgehead atoms. The summed E-state index contributed by atoms with van der Waals surface area (Å²) in [5, 5.41) is 0. The average molecular weight is 473 g/mol. The van der Waals surface area contributed by atoms with Crippen LogP contribution in [0.3, 0.4) is 0 Å². The standard InChI is InChI=1S/C24H28N2O6S/c1-16-12-18(3)22(13-17(16)2)23(28)15-32-24(29)20-6-5-7-21(14-20)33(30,31)26-10-8-25(9-11-26)19(4)27/h5-7,12-14H,8-11,15H2,1-4H3. The van der Waals surface area contributed by atoms with E-state index in [0.29, 0.717) is 18.7 Å². The zero-order valence-corrected chi connectivity index (χ0v) is 20.1. The van der Waals surface area contributed by atoms with Crippen LogP contribution in [0.5, 0.6) is 0 Å². The minimum absolute atomic E-state index is 0.0374. The van der Waals surface area contributed by atoms with Crippen LogP contribution in [0.4, 0.5) is 0 Å². The molecule has 0 spiro atoms. The van der Waals surface area contributed by atoms with Crippen molar-refractivity contribution in [3.63, 3.8) is 0 Å². The highest BCUT2D eigenvalue weighted by atomic mass is 32.2. The van der Waals surface area contributed by atoms with Gasteiger partial charge in [0.1, 0.15) is 0 Å². The molecule has 2 aromatic carbocycles. The predicted molar refractivity (Wildman–Crippen MR) is 123 cm³/mol. The molecule has 1 saturated heterocycles. The van der Waals surface area contributed by atoms with Gasteiger partial charge >= 0.3 is 5.97 Å². The second-order valence-electron chi connectivity index (χ2n) is 8.19. The number of hydrogen-bond acceptors (Lipinski definition) is 6. The molecule has 3 rings (SSSR count). The van der Waals surface area contributed by atoms with Crippen molar-refractivity contribution in [2.75, 3.05) is 32.8 Å². The van der Waals surface area contributed by atoms with Crippen molar-refractivity contribution < 1.29 is 27.5 Å². The first-order chi connectivity index (χ1) is 15.5. The Bertz CT molecular complexity index is 1200. The van der Waals surface area contributed by atoms with Gasteiger partial charge in [-0.2, -0.15) is 4.31 Å². The van der Waals surface area contributed by atoms with E-state index in [2.05, 4.69) is 0 Å². The molecule has 33 heavy (non-hydrogen) atoms. The van der Waals surface area contributed by atoms with E-state index >= 15 is 0 Å². The Kier molecular flexibility index (Phi) is 7.34. The maximum absolute atomic E-state index is 13.0. The average Bonchev–Trinajstić information content (AvgIpc) is 2.79. The number of carbonyl (C=O) groups is 3. The molecule has 0 N–H and O–H groups in total. The van der Waals surface area contributed by atoms with Gasteiger partial charge < -0.3 is 9.64 Å². The van der Waals surface area contributed by atoms with Crippen molar-refractivity contribution >= 4 is 27.7 Å². The van der Waals surface area contributed by atoms with Gasteiger partial charge in [-0.1, -0.05) is 12.1 Å². The molecular formula is C24H28N2O6S. The van der Waals surface area contributed by atoms with Crippen LogP contribution < -0.4 is 0 Å². The molecular weight excluding hydrogens is 444 g/mol. The van der Waals surface area contributed by atoms with E-state index in [1.807, 2.05) is 26.8 Å². The van der Waals surface area contributed by atoms with Crippen molar-refractivity contribution in [3.05, 3.63) is 64.2 Å². The number of carbonyl (C=O) groups excluding carboxylic acids is 3. The molecule has 0 unspecified atom stereocenters. The summed E-state index contributed by atoms with van der Waals surface area (Å²) in [4.78, 5) is 38.1. The monoisotopic (exact) mass is 472 g/mol. The number of hydrogen-bond donors (Lipinski definition) is 0. The number of amides is 1. The van der Waals surface area contributed by atoms with Crippen molar-refractivity contribution in [3.8, 4) is 0 Å². The molecule has 9 heteroatoms. The van der Waals surface area contributed by atoms with E-state index in [0.717, 1.165) is 16.7 Å². The van der Waals surface area contributed by atoms with Gasteiger partial charge in [0.25, 0.3) is 0 Å². The summed E-state index contributed by atoms with van der Waals surface area (Å²) in [6, 6.07) is 9.26. The number of sulfonamides is 1. The minimum atomic E-state index is -3.84. The third kappa shape index (κ3) is 5.48. The maximum Gasteiger partial charge on any atom is 0.338 e. The third-order valence-corrected chi connectivity index (χ3v) is 7.76. The number of benzene rings is 2.